The molecule has 0 aliphatic heterocycles. The number of nitrogens with one attached hydrogen (secondary N) is 2. The molecule has 0 aliphatic rings. The van der Waals surface area contributed by atoms with Gasteiger partial charge in [0.2, 0.25) is 0 Å². The van der Waals surface area contributed by atoms with Crippen molar-refractivity contribution in [2.75, 3.05) is 13.2 Å². The number of hydrogen-bond donors (Lipinski definition) is 2. The normalized spacial score (nSPS) is 10.2. The van der Waals surface area contributed by atoms with E-state index in [0.717, 1.165) is 5.56 Å². The van der Waals surface area contributed by atoms with Gasteiger partial charge in [-0.2, -0.15) is 0 Å². The molecule has 0 unspecified atom stereocenters. The van der Waals surface area contributed by atoms with Crippen molar-refractivity contribution in [3.8, 4) is 0 Å². The molecule has 1 rings (SSSR count). The summed E-state index contributed by atoms with van der Waals surface area (Å²) in [6.45, 7) is 3.88. The fraction of sp³-hybridized carbons (Fsp3) is 0.286. The molecule has 5 nitrogen and oxygen atoms in total. The van der Waals surface area contributed by atoms with Crippen LogP contribution in [0.3, 0.4) is 0 Å². The number of benzene rings is 1. The molecule has 0 radical (unpaired) electrons. The first kappa shape index (κ1) is 14.8. The minimum absolute atomic E-state index is 0.141. The SMILES string of the molecule is CCOC(=O)CNC(=O)N/C=C/c1ccc(C)cc1. The average Bonchev–Trinajstić information content (AvgIpc) is 2.39. The molecule has 0 atom stereocenters. The fourth-order valence-corrected chi connectivity index (χ4v) is 1.31. The van der Waals surface area contributed by atoms with Gasteiger partial charge in [0, 0.05) is 6.20 Å². The van der Waals surface area contributed by atoms with E-state index in [1.54, 1.807) is 13.0 Å². The van der Waals surface area contributed by atoms with Crippen LogP contribution in [0.4, 0.5) is 4.79 Å². The Morgan fingerprint density at radius 1 is 1.26 bits per heavy atom. The molecule has 5 heteroatoms. The molecule has 0 heterocycles. The molecule has 1 aromatic carbocycles. The van der Waals surface area contributed by atoms with Crippen molar-refractivity contribution in [2.24, 2.45) is 0 Å². The molecular weight excluding hydrogens is 244 g/mol. The van der Waals surface area contributed by atoms with Crippen LogP contribution in [0.5, 0.6) is 0 Å². The summed E-state index contributed by atoms with van der Waals surface area (Å²) in [7, 11) is 0. The maximum Gasteiger partial charge on any atom is 0.325 e. The van der Waals surface area contributed by atoms with E-state index in [1.807, 2.05) is 31.2 Å². The second-order valence-electron chi connectivity index (χ2n) is 3.88. The zero-order valence-corrected chi connectivity index (χ0v) is 11.1. The molecule has 102 valence electrons. The van der Waals surface area contributed by atoms with Crippen LogP contribution in [0.25, 0.3) is 6.08 Å². The highest BCUT2D eigenvalue weighted by Gasteiger charge is 2.03. The first-order chi connectivity index (χ1) is 9.11. The highest BCUT2D eigenvalue weighted by atomic mass is 16.5. The number of urea groups is 1. The maximum atomic E-state index is 11.3. The lowest BCUT2D eigenvalue weighted by molar-refractivity contribution is -0.141. The van der Waals surface area contributed by atoms with Gasteiger partial charge in [0.1, 0.15) is 6.54 Å². The largest absolute Gasteiger partial charge is 0.465 e. The lowest BCUT2D eigenvalue weighted by atomic mass is 10.1. The van der Waals surface area contributed by atoms with Gasteiger partial charge in [0.05, 0.1) is 6.61 Å². The Hall–Kier alpha value is -2.30. The molecule has 2 N–H and O–H groups in total. The van der Waals surface area contributed by atoms with Gasteiger partial charge in [-0.3, -0.25) is 4.79 Å². The van der Waals surface area contributed by atoms with Crippen molar-refractivity contribution in [1.29, 1.82) is 0 Å². The predicted octanol–water partition coefficient (Wildman–Crippen LogP) is 1.83. The second-order valence-corrected chi connectivity index (χ2v) is 3.88. The van der Waals surface area contributed by atoms with E-state index < -0.39 is 12.0 Å². The number of hydrogen-bond acceptors (Lipinski definition) is 3. The van der Waals surface area contributed by atoms with Crippen LogP contribution >= 0.6 is 0 Å². The van der Waals surface area contributed by atoms with Crippen LogP contribution in [-0.2, 0) is 9.53 Å². The molecule has 0 saturated carbocycles. The number of rotatable bonds is 5. The van der Waals surface area contributed by atoms with Gasteiger partial charge >= 0.3 is 12.0 Å². The Labute approximate surface area is 112 Å². The third-order valence-electron chi connectivity index (χ3n) is 2.27. The molecule has 0 spiro atoms. The molecular formula is C14H18N2O3. The van der Waals surface area contributed by atoms with E-state index in [2.05, 4.69) is 15.4 Å². The van der Waals surface area contributed by atoms with Gasteiger partial charge < -0.3 is 15.4 Å². The van der Waals surface area contributed by atoms with Crippen molar-refractivity contribution in [3.05, 3.63) is 41.6 Å². The Bertz CT molecular complexity index is 452. The number of ether oxygens (including phenoxy) is 1. The smallest absolute Gasteiger partial charge is 0.325 e. The summed E-state index contributed by atoms with van der Waals surface area (Å²) >= 11 is 0. The lowest BCUT2D eigenvalue weighted by Crippen LogP contribution is -2.36. The summed E-state index contributed by atoms with van der Waals surface area (Å²) in [6.07, 6.45) is 3.29. The molecule has 0 aliphatic carbocycles. The first-order valence-electron chi connectivity index (χ1n) is 6.05. The Kier molecular flexibility index (Phi) is 6.15. The Morgan fingerprint density at radius 2 is 1.95 bits per heavy atom. The van der Waals surface area contributed by atoms with Crippen molar-refractivity contribution in [1.82, 2.24) is 10.6 Å². The zero-order chi connectivity index (χ0) is 14.1. The van der Waals surface area contributed by atoms with Crippen LogP contribution in [0.1, 0.15) is 18.1 Å². The average molecular weight is 262 g/mol. The summed E-state index contributed by atoms with van der Waals surface area (Å²) < 4.78 is 4.68. The van der Waals surface area contributed by atoms with Crippen molar-refractivity contribution in [3.63, 3.8) is 0 Å². The van der Waals surface area contributed by atoms with Crippen LogP contribution < -0.4 is 10.6 Å². The van der Waals surface area contributed by atoms with E-state index in [9.17, 15) is 9.59 Å². The summed E-state index contributed by atoms with van der Waals surface area (Å²) in [4.78, 5) is 22.3. The van der Waals surface area contributed by atoms with Gasteiger partial charge in [0.25, 0.3) is 0 Å². The highest BCUT2D eigenvalue weighted by Crippen LogP contribution is 2.03. The number of carbonyl (C=O) groups is 2. The molecule has 0 saturated heterocycles. The van der Waals surface area contributed by atoms with Crippen molar-refractivity contribution >= 4 is 18.1 Å². The monoisotopic (exact) mass is 262 g/mol. The Morgan fingerprint density at radius 3 is 2.58 bits per heavy atom. The van der Waals surface area contributed by atoms with E-state index in [0.29, 0.717) is 6.61 Å². The minimum atomic E-state index is -0.458. The fourth-order valence-electron chi connectivity index (χ4n) is 1.31. The number of esters is 1. The zero-order valence-electron chi connectivity index (χ0n) is 11.1. The molecule has 19 heavy (non-hydrogen) atoms. The maximum absolute atomic E-state index is 11.3. The third-order valence-corrected chi connectivity index (χ3v) is 2.27. The van der Waals surface area contributed by atoms with Gasteiger partial charge in [0.15, 0.2) is 0 Å². The van der Waals surface area contributed by atoms with E-state index in [4.69, 9.17) is 0 Å². The van der Waals surface area contributed by atoms with Crippen LogP contribution in [-0.4, -0.2) is 25.2 Å². The van der Waals surface area contributed by atoms with E-state index >= 15 is 0 Å². The molecule has 0 bridgehead atoms. The summed E-state index contributed by atoms with van der Waals surface area (Å²) in [5, 5.41) is 4.89. The summed E-state index contributed by atoms with van der Waals surface area (Å²) in [6, 6.07) is 7.42. The van der Waals surface area contributed by atoms with Crippen LogP contribution in [0.2, 0.25) is 0 Å². The second kappa shape index (κ2) is 7.92. The molecule has 1 aromatic rings. The van der Waals surface area contributed by atoms with Crippen LogP contribution in [0, 0.1) is 6.92 Å². The summed E-state index contributed by atoms with van der Waals surface area (Å²) in [5.74, 6) is -0.458. The topological polar surface area (TPSA) is 67.4 Å². The quantitative estimate of drug-likeness (QED) is 0.795. The highest BCUT2D eigenvalue weighted by molar-refractivity contribution is 5.81. The van der Waals surface area contributed by atoms with Crippen molar-refractivity contribution < 1.29 is 14.3 Å². The molecule has 0 aromatic heterocycles. The molecule has 0 fully saturated rings. The van der Waals surface area contributed by atoms with Crippen molar-refractivity contribution in [2.45, 2.75) is 13.8 Å². The predicted molar refractivity (Wildman–Crippen MR) is 73.4 cm³/mol. The standard InChI is InChI=1S/C14H18N2O3/c1-3-19-13(17)10-16-14(18)15-9-8-12-6-4-11(2)5-7-12/h4-9H,3,10H2,1-2H3,(H2,15,16,18)/b9-8+. The lowest BCUT2D eigenvalue weighted by Gasteiger charge is -2.04. The Balaban J connectivity index is 2.30. The third kappa shape index (κ3) is 6.26. The van der Waals surface area contributed by atoms with Gasteiger partial charge in [-0.1, -0.05) is 29.8 Å². The van der Waals surface area contributed by atoms with Gasteiger partial charge in [-0.15, -0.1) is 0 Å². The van der Waals surface area contributed by atoms with E-state index in [-0.39, 0.29) is 6.54 Å². The first-order valence-corrected chi connectivity index (χ1v) is 6.05. The van der Waals surface area contributed by atoms with Gasteiger partial charge in [-0.05, 0) is 25.5 Å². The number of carbonyl (C=O) groups excluding carboxylic acids is 2. The number of amides is 2. The van der Waals surface area contributed by atoms with Crippen LogP contribution in [0.15, 0.2) is 30.5 Å². The minimum Gasteiger partial charge on any atom is -0.465 e. The molecule has 2 amide bonds. The van der Waals surface area contributed by atoms with E-state index in [1.165, 1.54) is 11.8 Å². The van der Waals surface area contributed by atoms with Gasteiger partial charge in [-0.25, -0.2) is 4.79 Å². The number of aryl methyl sites for hydroxylation is 1. The summed E-state index contributed by atoms with van der Waals surface area (Å²) in [5.41, 5.74) is 2.16.